The molecule has 1 saturated carbocycles. The van der Waals surface area contributed by atoms with Crippen molar-refractivity contribution in [2.45, 2.75) is 39.2 Å². The third kappa shape index (κ3) is 6.58. The number of ketones is 2. The summed E-state index contributed by atoms with van der Waals surface area (Å²) >= 11 is 1.48. The number of imidazole rings is 1. The van der Waals surface area contributed by atoms with E-state index in [1.54, 1.807) is 25.4 Å². The van der Waals surface area contributed by atoms with Crippen molar-refractivity contribution in [3.05, 3.63) is 95.2 Å². The molecule has 6 rings (SSSR count). The number of hydrogen-bond acceptors (Lipinski definition) is 8. The van der Waals surface area contributed by atoms with Crippen LogP contribution in [0.25, 0.3) is 20.9 Å². The van der Waals surface area contributed by atoms with E-state index in [1.165, 1.54) is 23.5 Å². The second-order valence-electron chi connectivity index (χ2n) is 11.6. The first-order valence-corrected chi connectivity index (χ1v) is 15.8. The molecule has 0 atom stereocenters. The highest BCUT2D eigenvalue weighted by atomic mass is 32.1. The van der Waals surface area contributed by atoms with Crippen molar-refractivity contribution in [1.82, 2.24) is 19.9 Å². The second kappa shape index (κ2) is 13.0. The van der Waals surface area contributed by atoms with Crippen LogP contribution in [0.4, 0.5) is 4.39 Å². The van der Waals surface area contributed by atoms with Crippen molar-refractivity contribution < 1.29 is 23.5 Å². The van der Waals surface area contributed by atoms with Crippen LogP contribution in [0.5, 0.6) is 11.5 Å². The van der Waals surface area contributed by atoms with E-state index < -0.39 is 11.2 Å². The number of aromatic nitrogens is 3. The summed E-state index contributed by atoms with van der Waals surface area (Å²) in [6.07, 6.45) is 4.80. The van der Waals surface area contributed by atoms with E-state index in [-0.39, 0.29) is 30.2 Å². The Morgan fingerprint density at radius 1 is 1.00 bits per heavy atom. The number of methoxy groups -OCH3 is 1. The van der Waals surface area contributed by atoms with Crippen LogP contribution in [-0.4, -0.2) is 46.4 Å². The number of hydrogen-bond donors (Lipinski definition) is 1. The van der Waals surface area contributed by atoms with E-state index >= 15 is 4.39 Å². The minimum absolute atomic E-state index is 0.00181. The number of carbonyl (C=O) groups is 2. The van der Waals surface area contributed by atoms with Gasteiger partial charge in [0.25, 0.3) is 0 Å². The Bertz CT molecular complexity index is 1860. The molecule has 3 heterocycles. The van der Waals surface area contributed by atoms with Gasteiger partial charge in [0, 0.05) is 52.4 Å². The molecule has 232 valence electrons. The van der Waals surface area contributed by atoms with Crippen LogP contribution in [0, 0.1) is 18.2 Å². The van der Waals surface area contributed by atoms with E-state index in [4.69, 9.17) is 9.47 Å². The van der Waals surface area contributed by atoms with Gasteiger partial charge in [0.15, 0.2) is 23.1 Å². The average molecular weight is 627 g/mol. The van der Waals surface area contributed by atoms with Crippen molar-refractivity contribution in [2.24, 2.45) is 12.5 Å². The molecule has 10 heteroatoms. The van der Waals surface area contributed by atoms with Gasteiger partial charge >= 0.3 is 0 Å². The van der Waals surface area contributed by atoms with Crippen molar-refractivity contribution in [2.75, 3.05) is 20.3 Å². The zero-order valence-electron chi connectivity index (χ0n) is 25.6. The zero-order valence-corrected chi connectivity index (χ0v) is 26.4. The molecule has 1 aliphatic rings. The number of nitrogens with one attached hydrogen (secondary N) is 1. The van der Waals surface area contributed by atoms with Gasteiger partial charge in [-0.25, -0.2) is 9.37 Å². The molecule has 45 heavy (non-hydrogen) atoms. The summed E-state index contributed by atoms with van der Waals surface area (Å²) in [5, 5.41) is 3.33. The van der Waals surface area contributed by atoms with E-state index in [0.717, 1.165) is 44.3 Å². The number of nitrogens with zero attached hydrogens (tertiary/aromatic N) is 3. The smallest absolute Gasteiger partial charge is 0.166 e. The number of rotatable bonds is 14. The van der Waals surface area contributed by atoms with Crippen LogP contribution in [0.15, 0.2) is 67.0 Å². The molecule has 5 aromatic rings. The fourth-order valence-corrected chi connectivity index (χ4v) is 6.54. The lowest BCUT2D eigenvalue weighted by Crippen LogP contribution is -2.28. The van der Waals surface area contributed by atoms with Gasteiger partial charge in [0.1, 0.15) is 11.6 Å². The summed E-state index contributed by atoms with van der Waals surface area (Å²) in [7, 11) is 3.64. The predicted octanol–water partition coefficient (Wildman–Crippen LogP) is 6.38. The van der Waals surface area contributed by atoms with Crippen LogP contribution in [0.1, 0.15) is 35.2 Å². The summed E-state index contributed by atoms with van der Waals surface area (Å²) in [5.41, 5.74) is 3.34. The SMILES string of the molecule is COCCNCc1cnc(-c2cc3nccc(Oc4ccc(CC(=O)C5(C(=O)Cc6ccc(C)cc6)CC5)cc4F)c3s2)n1C. The molecule has 0 aliphatic heterocycles. The number of Topliss-reactive ketones (excluding diaryl/α,β-unsaturated/α-hetero) is 2. The number of ether oxygens (including phenoxy) is 2. The van der Waals surface area contributed by atoms with Crippen molar-refractivity contribution in [3.8, 4) is 22.2 Å². The largest absolute Gasteiger partial charge is 0.453 e. The lowest BCUT2D eigenvalue weighted by Gasteiger charge is -2.14. The normalized spacial score (nSPS) is 13.7. The average Bonchev–Trinajstić information content (AvgIpc) is 3.61. The fraction of sp³-hybridized carbons (Fsp3) is 0.314. The molecule has 0 bridgehead atoms. The summed E-state index contributed by atoms with van der Waals surface area (Å²) in [6.45, 7) is 4.03. The Balaban J connectivity index is 1.14. The number of pyridine rings is 1. The maximum atomic E-state index is 15.3. The molecule has 1 N–H and O–H groups in total. The predicted molar refractivity (Wildman–Crippen MR) is 172 cm³/mol. The summed E-state index contributed by atoms with van der Waals surface area (Å²) in [4.78, 5) is 36.4. The van der Waals surface area contributed by atoms with Crippen LogP contribution >= 0.6 is 11.3 Å². The summed E-state index contributed by atoms with van der Waals surface area (Å²) in [5.74, 6) is 0.540. The van der Waals surface area contributed by atoms with Crippen LogP contribution < -0.4 is 10.1 Å². The molecule has 3 aromatic heterocycles. The molecule has 0 saturated heterocycles. The van der Waals surface area contributed by atoms with Crippen LogP contribution in [-0.2, 0) is 40.8 Å². The van der Waals surface area contributed by atoms with Gasteiger partial charge in [0.05, 0.1) is 39.0 Å². The van der Waals surface area contributed by atoms with Crippen molar-refractivity contribution >= 4 is 33.1 Å². The first kappa shape index (κ1) is 30.8. The van der Waals surface area contributed by atoms with Gasteiger partial charge < -0.3 is 19.4 Å². The number of fused-ring (bicyclic) bond motifs is 1. The summed E-state index contributed by atoms with van der Waals surface area (Å²) in [6, 6.07) is 16.0. The van der Waals surface area contributed by atoms with E-state index in [2.05, 4.69) is 15.3 Å². The number of aryl methyl sites for hydroxylation is 1. The number of thiophene rings is 1. The van der Waals surface area contributed by atoms with Gasteiger partial charge in [-0.1, -0.05) is 35.9 Å². The Hall–Kier alpha value is -4.25. The number of benzene rings is 2. The lowest BCUT2D eigenvalue weighted by molar-refractivity contribution is -0.133. The highest BCUT2D eigenvalue weighted by Gasteiger charge is 2.54. The third-order valence-electron chi connectivity index (χ3n) is 8.35. The fourth-order valence-electron chi connectivity index (χ4n) is 5.44. The first-order valence-electron chi connectivity index (χ1n) is 14.9. The molecule has 0 radical (unpaired) electrons. The van der Waals surface area contributed by atoms with Crippen molar-refractivity contribution in [1.29, 1.82) is 0 Å². The van der Waals surface area contributed by atoms with E-state index in [9.17, 15) is 9.59 Å². The minimum Gasteiger partial charge on any atom is -0.453 e. The zero-order chi connectivity index (χ0) is 31.6. The molecule has 0 unspecified atom stereocenters. The number of carbonyl (C=O) groups excluding carboxylic acids is 2. The standard InChI is InChI=1S/C35H35FN4O4S/c1-22-4-6-23(7-5-22)17-31(41)35(11-12-35)32(42)18-24-8-9-28(26(36)16-24)44-29-10-13-38-27-19-30(45-33(27)29)34-39-21-25(40(34)2)20-37-14-15-43-3/h4-10,13,16,19,21,37H,11-12,14-15,17-18,20H2,1-3H3. The molecular weight excluding hydrogens is 591 g/mol. The van der Waals surface area contributed by atoms with Gasteiger partial charge in [0.2, 0.25) is 0 Å². The molecule has 1 fully saturated rings. The maximum absolute atomic E-state index is 15.3. The molecule has 0 amide bonds. The topological polar surface area (TPSA) is 95.3 Å². The number of halogens is 1. The quantitative estimate of drug-likeness (QED) is 0.113. The second-order valence-corrected chi connectivity index (χ2v) is 12.6. The van der Waals surface area contributed by atoms with E-state index in [1.807, 2.05) is 55.1 Å². The molecule has 0 spiro atoms. The molecular formula is C35H35FN4O4S. The van der Waals surface area contributed by atoms with Crippen molar-refractivity contribution in [3.63, 3.8) is 0 Å². The Labute approximate surface area is 265 Å². The van der Waals surface area contributed by atoms with Crippen LogP contribution in [0.2, 0.25) is 0 Å². The summed E-state index contributed by atoms with van der Waals surface area (Å²) < 4.78 is 29.3. The maximum Gasteiger partial charge on any atom is 0.166 e. The first-order chi connectivity index (χ1) is 21.8. The lowest BCUT2D eigenvalue weighted by atomic mass is 9.87. The minimum atomic E-state index is -0.954. The van der Waals surface area contributed by atoms with Gasteiger partial charge in [-0.3, -0.25) is 14.6 Å². The highest BCUT2D eigenvalue weighted by molar-refractivity contribution is 7.22. The van der Waals surface area contributed by atoms with Gasteiger partial charge in [-0.05, 0) is 49.1 Å². The van der Waals surface area contributed by atoms with E-state index in [0.29, 0.717) is 37.3 Å². The molecule has 8 nitrogen and oxygen atoms in total. The van der Waals surface area contributed by atoms with Gasteiger partial charge in [-0.2, -0.15) is 0 Å². The third-order valence-corrected chi connectivity index (χ3v) is 9.49. The monoisotopic (exact) mass is 626 g/mol. The molecule has 2 aromatic carbocycles. The highest BCUT2D eigenvalue weighted by Crippen LogP contribution is 2.49. The molecule has 1 aliphatic carbocycles. The van der Waals surface area contributed by atoms with Gasteiger partial charge in [-0.15, -0.1) is 11.3 Å². The Morgan fingerprint density at radius 2 is 1.73 bits per heavy atom. The Morgan fingerprint density at radius 3 is 2.44 bits per heavy atom. The Kier molecular flexibility index (Phi) is 8.89. The van der Waals surface area contributed by atoms with Crippen LogP contribution in [0.3, 0.4) is 0 Å².